The Bertz CT molecular complexity index is 391. The lowest BCUT2D eigenvalue weighted by atomic mass is 10.1. The van der Waals surface area contributed by atoms with E-state index in [1.807, 2.05) is 0 Å². The third kappa shape index (κ3) is 2.38. The second kappa shape index (κ2) is 4.20. The van der Waals surface area contributed by atoms with E-state index in [2.05, 4.69) is 4.98 Å². The van der Waals surface area contributed by atoms with Crippen LogP contribution in [0.1, 0.15) is 23.2 Å². The lowest BCUT2D eigenvalue weighted by Crippen LogP contribution is -2.15. The Morgan fingerprint density at radius 3 is 2.31 bits per heavy atom. The number of rotatable bonds is 2. The highest BCUT2D eigenvalue weighted by molar-refractivity contribution is 5.48. The summed E-state index contributed by atoms with van der Waals surface area (Å²) in [5, 5.41) is 8.62. The van der Waals surface area contributed by atoms with Crippen molar-refractivity contribution in [1.29, 1.82) is 0 Å². The van der Waals surface area contributed by atoms with Gasteiger partial charge < -0.3 is 10.8 Å². The van der Waals surface area contributed by atoms with Crippen molar-refractivity contribution in [2.75, 3.05) is 5.73 Å². The lowest BCUT2D eigenvalue weighted by molar-refractivity contribution is -0.139. The van der Waals surface area contributed by atoms with Crippen LogP contribution >= 0.6 is 0 Å². The summed E-state index contributed by atoms with van der Waals surface area (Å²) >= 11 is 0. The monoisotopic (exact) mass is 242 g/mol. The number of hydrogen-bond donors (Lipinski definition) is 2. The zero-order valence-corrected chi connectivity index (χ0v) is 7.72. The number of aliphatic hydroxyl groups excluding tert-OH is 1. The van der Waals surface area contributed by atoms with Gasteiger partial charge in [-0.05, 0) is 6.07 Å². The number of nitrogens with zero attached hydrogens (tertiary/aromatic N) is 1. The van der Waals surface area contributed by atoms with E-state index < -0.39 is 36.2 Å². The number of halogens is 5. The van der Waals surface area contributed by atoms with E-state index in [0.29, 0.717) is 6.07 Å². The summed E-state index contributed by atoms with van der Waals surface area (Å²) in [4.78, 5) is 3.18. The molecular weight excluding hydrogens is 235 g/mol. The van der Waals surface area contributed by atoms with Gasteiger partial charge in [-0.25, -0.2) is 13.8 Å². The van der Waals surface area contributed by atoms with Crippen molar-refractivity contribution in [2.45, 2.75) is 19.2 Å². The first-order valence-corrected chi connectivity index (χ1v) is 4.03. The number of aliphatic hydroxyl groups is 1. The smallest absolute Gasteiger partial charge is 0.390 e. The third-order valence-corrected chi connectivity index (χ3v) is 1.81. The molecule has 90 valence electrons. The summed E-state index contributed by atoms with van der Waals surface area (Å²) in [6.45, 7) is -0.762. The minimum Gasteiger partial charge on any atom is -0.390 e. The molecule has 0 fully saturated rings. The van der Waals surface area contributed by atoms with Crippen molar-refractivity contribution in [2.24, 2.45) is 0 Å². The average Bonchev–Trinajstić information content (AvgIpc) is 2.14. The van der Waals surface area contributed by atoms with Crippen molar-refractivity contribution in [1.82, 2.24) is 4.98 Å². The topological polar surface area (TPSA) is 59.1 Å². The number of anilines is 1. The molecule has 3 N–H and O–H groups in total. The van der Waals surface area contributed by atoms with E-state index in [9.17, 15) is 22.0 Å². The first-order valence-electron chi connectivity index (χ1n) is 4.03. The molecule has 0 aromatic carbocycles. The molecular formula is C8H7F5N2O. The predicted molar refractivity (Wildman–Crippen MR) is 44.5 cm³/mol. The van der Waals surface area contributed by atoms with E-state index in [1.165, 1.54) is 0 Å². The largest absolute Gasteiger partial charge is 0.420 e. The molecule has 0 saturated heterocycles. The van der Waals surface area contributed by atoms with Crippen LogP contribution in [0.2, 0.25) is 0 Å². The summed E-state index contributed by atoms with van der Waals surface area (Å²) in [6.07, 6.45) is -8.34. The van der Waals surface area contributed by atoms with Crippen LogP contribution in [0.15, 0.2) is 6.07 Å². The fraction of sp³-hybridized carbons (Fsp3) is 0.375. The Balaban J connectivity index is 3.46. The van der Waals surface area contributed by atoms with E-state index >= 15 is 0 Å². The van der Waals surface area contributed by atoms with Gasteiger partial charge in [-0.1, -0.05) is 0 Å². The maximum absolute atomic E-state index is 12.4. The van der Waals surface area contributed by atoms with Gasteiger partial charge in [0.05, 0.1) is 12.3 Å². The number of nitrogens with two attached hydrogens (primary N) is 1. The Hall–Kier alpha value is -1.44. The minimum atomic E-state index is -5.00. The van der Waals surface area contributed by atoms with Crippen LogP contribution in [0.3, 0.4) is 0 Å². The van der Waals surface area contributed by atoms with Gasteiger partial charge in [0.2, 0.25) is 0 Å². The van der Waals surface area contributed by atoms with Crippen molar-refractivity contribution in [3.8, 4) is 0 Å². The molecule has 0 spiro atoms. The van der Waals surface area contributed by atoms with E-state index in [-0.39, 0.29) is 5.69 Å². The normalized spacial score (nSPS) is 12.2. The molecule has 1 aromatic heterocycles. The van der Waals surface area contributed by atoms with Gasteiger partial charge in [-0.3, -0.25) is 0 Å². The molecule has 8 heteroatoms. The molecule has 1 aromatic rings. The molecule has 0 unspecified atom stereocenters. The van der Waals surface area contributed by atoms with E-state index in [1.54, 1.807) is 0 Å². The fourth-order valence-corrected chi connectivity index (χ4v) is 1.20. The molecule has 0 aliphatic heterocycles. The Morgan fingerprint density at radius 1 is 1.38 bits per heavy atom. The van der Waals surface area contributed by atoms with Gasteiger partial charge in [0.25, 0.3) is 6.43 Å². The molecule has 0 amide bonds. The zero-order valence-electron chi connectivity index (χ0n) is 7.72. The van der Waals surface area contributed by atoms with Crippen molar-refractivity contribution in [3.05, 3.63) is 22.9 Å². The number of aromatic nitrogens is 1. The van der Waals surface area contributed by atoms with Gasteiger partial charge in [0.1, 0.15) is 11.4 Å². The second-order valence-electron chi connectivity index (χ2n) is 2.92. The number of pyridine rings is 1. The summed E-state index contributed by atoms with van der Waals surface area (Å²) in [6, 6.07) is 0.490. The SMILES string of the molecule is Nc1nc(CO)cc(C(F)F)c1C(F)(F)F. The summed E-state index contributed by atoms with van der Waals surface area (Å²) < 4.78 is 61.9. The highest BCUT2D eigenvalue weighted by Gasteiger charge is 2.39. The quantitative estimate of drug-likeness (QED) is 0.781. The number of nitrogen functional groups attached to an aromatic ring is 1. The molecule has 0 aliphatic rings. The highest BCUT2D eigenvalue weighted by atomic mass is 19.4. The van der Waals surface area contributed by atoms with Crippen LogP contribution in [0.25, 0.3) is 0 Å². The zero-order chi connectivity index (χ0) is 12.5. The standard InChI is InChI=1S/C8H7F5N2O/c9-6(10)4-1-3(2-16)15-7(14)5(4)8(11,12)13/h1,6,16H,2H2,(H2,14,15). The van der Waals surface area contributed by atoms with Crippen LogP contribution in [-0.4, -0.2) is 10.1 Å². The fourth-order valence-electron chi connectivity index (χ4n) is 1.20. The van der Waals surface area contributed by atoms with Gasteiger partial charge in [-0.2, -0.15) is 13.2 Å². The Kier molecular flexibility index (Phi) is 3.32. The third-order valence-electron chi connectivity index (χ3n) is 1.81. The van der Waals surface area contributed by atoms with Gasteiger partial charge in [0.15, 0.2) is 0 Å². The van der Waals surface area contributed by atoms with E-state index in [4.69, 9.17) is 10.8 Å². The molecule has 1 heterocycles. The second-order valence-corrected chi connectivity index (χ2v) is 2.92. The van der Waals surface area contributed by atoms with Gasteiger partial charge in [-0.15, -0.1) is 0 Å². The lowest BCUT2D eigenvalue weighted by Gasteiger charge is -2.15. The van der Waals surface area contributed by atoms with Crippen molar-refractivity contribution >= 4 is 5.82 Å². The molecule has 0 radical (unpaired) electrons. The molecule has 0 bridgehead atoms. The average molecular weight is 242 g/mol. The van der Waals surface area contributed by atoms with Gasteiger partial charge >= 0.3 is 6.18 Å². The van der Waals surface area contributed by atoms with Crippen LogP contribution in [-0.2, 0) is 12.8 Å². The Labute approximate surface area is 86.7 Å². The highest BCUT2D eigenvalue weighted by Crippen LogP contribution is 2.39. The minimum absolute atomic E-state index is 0.333. The molecule has 1 rings (SSSR count). The first-order chi connectivity index (χ1) is 7.27. The van der Waals surface area contributed by atoms with Crippen LogP contribution in [0.5, 0.6) is 0 Å². The predicted octanol–water partition coefficient (Wildman–Crippen LogP) is 2.11. The van der Waals surface area contributed by atoms with Crippen molar-refractivity contribution in [3.63, 3.8) is 0 Å². The number of hydrogen-bond acceptors (Lipinski definition) is 3. The van der Waals surface area contributed by atoms with Gasteiger partial charge in [0, 0.05) is 5.56 Å². The maximum atomic E-state index is 12.4. The maximum Gasteiger partial charge on any atom is 0.420 e. The molecule has 16 heavy (non-hydrogen) atoms. The first kappa shape index (κ1) is 12.6. The summed E-state index contributed by atoms with van der Waals surface area (Å²) in [7, 11) is 0. The number of alkyl halides is 5. The molecule has 3 nitrogen and oxygen atoms in total. The Morgan fingerprint density at radius 2 is 1.94 bits per heavy atom. The van der Waals surface area contributed by atoms with Crippen LogP contribution in [0.4, 0.5) is 27.8 Å². The molecule has 0 saturated carbocycles. The van der Waals surface area contributed by atoms with Crippen LogP contribution in [0, 0.1) is 0 Å². The molecule has 0 atom stereocenters. The van der Waals surface area contributed by atoms with E-state index in [0.717, 1.165) is 0 Å². The molecule has 0 aliphatic carbocycles. The summed E-state index contributed by atoms with van der Waals surface area (Å²) in [5.74, 6) is -1.06. The summed E-state index contributed by atoms with van der Waals surface area (Å²) in [5.41, 5.74) is 1.69. The van der Waals surface area contributed by atoms with Crippen LogP contribution < -0.4 is 5.73 Å². The van der Waals surface area contributed by atoms with Crippen molar-refractivity contribution < 1.29 is 27.1 Å².